The van der Waals surface area contributed by atoms with Crippen LogP contribution >= 0.6 is 0 Å². The first-order valence-electron chi connectivity index (χ1n) is 7.78. The van der Waals surface area contributed by atoms with E-state index in [1.165, 1.54) is 7.11 Å². The lowest BCUT2D eigenvalue weighted by Crippen LogP contribution is -2.39. The highest BCUT2D eigenvalue weighted by molar-refractivity contribution is 5.91. The zero-order valence-electron chi connectivity index (χ0n) is 12.8. The van der Waals surface area contributed by atoms with Gasteiger partial charge in [0.15, 0.2) is 0 Å². The second-order valence-electron chi connectivity index (χ2n) is 5.96. The fourth-order valence-corrected chi connectivity index (χ4v) is 3.16. The predicted molar refractivity (Wildman–Crippen MR) is 82.4 cm³/mol. The number of hydrogen-bond donors (Lipinski definition) is 0. The minimum Gasteiger partial charge on any atom is -0.491 e. The third-order valence-corrected chi connectivity index (χ3v) is 4.66. The molecule has 0 aromatic heterocycles. The molecule has 5 heteroatoms. The second kappa shape index (κ2) is 6.38. The van der Waals surface area contributed by atoms with Gasteiger partial charge in [0.2, 0.25) is 0 Å². The number of ether oxygens (including phenoxy) is 2. The van der Waals surface area contributed by atoms with E-state index in [0.29, 0.717) is 18.1 Å². The van der Waals surface area contributed by atoms with Gasteiger partial charge in [-0.3, -0.25) is 0 Å². The molecule has 2 aliphatic rings. The molecular formula is C17H21NO4. The topological polar surface area (TPSA) is 55.8 Å². The summed E-state index contributed by atoms with van der Waals surface area (Å²) < 4.78 is 10.6. The van der Waals surface area contributed by atoms with E-state index < -0.39 is 0 Å². The summed E-state index contributed by atoms with van der Waals surface area (Å²) in [5, 5.41) is 0. The maximum atomic E-state index is 11.8. The molecule has 2 atom stereocenters. The van der Waals surface area contributed by atoms with Gasteiger partial charge in [-0.25, -0.2) is 4.79 Å². The monoisotopic (exact) mass is 303 g/mol. The van der Waals surface area contributed by atoms with Gasteiger partial charge in [-0.2, -0.15) is 0 Å². The van der Waals surface area contributed by atoms with Gasteiger partial charge in [0.05, 0.1) is 25.0 Å². The fraction of sp³-hybridized carbons (Fsp3) is 0.529. The second-order valence-corrected chi connectivity index (χ2v) is 5.96. The van der Waals surface area contributed by atoms with Crippen molar-refractivity contribution in [3.8, 4) is 5.75 Å². The van der Waals surface area contributed by atoms with E-state index in [-0.39, 0.29) is 11.9 Å². The van der Waals surface area contributed by atoms with Crippen LogP contribution in [0.2, 0.25) is 0 Å². The van der Waals surface area contributed by atoms with Crippen molar-refractivity contribution in [2.24, 2.45) is 11.8 Å². The Bertz CT molecular complexity index is 572. The molecule has 0 radical (unpaired) electrons. The number of methoxy groups -OCH3 is 1. The van der Waals surface area contributed by atoms with Gasteiger partial charge in [0.25, 0.3) is 0 Å². The van der Waals surface area contributed by atoms with E-state index >= 15 is 0 Å². The molecule has 5 nitrogen and oxygen atoms in total. The Balaban J connectivity index is 1.85. The Morgan fingerprint density at radius 2 is 2.32 bits per heavy atom. The summed E-state index contributed by atoms with van der Waals surface area (Å²) in [7, 11) is 1.38. The lowest BCUT2D eigenvalue weighted by Gasteiger charge is -2.37. The molecule has 22 heavy (non-hydrogen) atoms. The molecule has 1 aromatic carbocycles. The number of fused-ring (bicyclic) bond motifs is 1. The van der Waals surface area contributed by atoms with E-state index in [2.05, 4.69) is 4.90 Å². The van der Waals surface area contributed by atoms with Crippen LogP contribution < -0.4 is 9.64 Å². The predicted octanol–water partition coefficient (Wildman–Crippen LogP) is 2.29. The number of carbonyl (C=O) groups is 2. The minimum absolute atomic E-state index is 0.177. The highest BCUT2D eigenvalue weighted by Crippen LogP contribution is 2.38. The van der Waals surface area contributed by atoms with Gasteiger partial charge in [0, 0.05) is 19.0 Å². The highest BCUT2D eigenvalue weighted by atomic mass is 16.5. The quantitative estimate of drug-likeness (QED) is 0.631. The van der Waals surface area contributed by atoms with E-state index in [1.807, 2.05) is 12.1 Å². The maximum absolute atomic E-state index is 11.8. The number of aldehydes is 1. The summed E-state index contributed by atoms with van der Waals surface area (Å²) in [6, 6.07) is 5.39. The highest BCUT2D eigenvalue weighted by Gasteiger charge is 2.33. The van der Waals surface area contributed by atoms with Crippen LogP contribution in [0, 0.1) is 11.8 Å². The van der Waals surface area contributed by atoms with Crippen LogP contribution in [-0.4, -0.2) is 39.1 Å². The van der Waals surface area contributed by atoms with Crippen LogP contribution in [0.1, 0.15) is 29.6 Å². The summed E-state index contributed by atoms with van der Waals surface area (Å²) in [6.45, 7) is 2.38. The van der Waals surface area contributed by atoms with Crippen LogP contribution in [0.15, 0.2) is 18.2 Å². The van der Waals surface area contributed by atoms with Gasteiger partial charge in [-0.05, 0) is 43.4 Å². The molecule has 0 spiro atoms. The number of esters is 1. The molecular weight excluding hydrogens is 282 g/mol. The van der Waals surface area contributed by atoms with E-state index in [9.17, 15) is 9.59 Å². The standard InChI is InChI=1S/C17H21NO4/c1-21-17(20)12-5-6-16-15(9-12)18(7-2-8-22-16)10-13-3-4-14(13)11-19/h5-6,9,11,13-14H,2-4,7-8,10H2,1H3. The molecule has 2 unspecified atom stereocenters. The summed E-state index contributed by atoms with van der Waals surface area (Å²) in [6.07, 6.45) is 4.09. The molecule has 0 N–H and O–H groups in total. The molecule has 1 aliphatic heterocycles. The Hall–Kier alpha value is -2.04. The zero-order valence-corrected chi connectivity index (χ0v) is 12.8. The first-order chi connectivity index (χ1) is 10.7. The molecule has 118 valence electrons. The number of carbonyl (C=O) groups excluding carboxylic acids is 2. The number of benzene rings is 1. The Kier molecular flexibility index (Phi) is 4.32. The first-order valence-corrected chi connectivity index (χ1v) is 7.78. The average molecular weight is 303 g/mol. The number of anilines is 1. The summed E-state index contributed by atoms with van der Waals surface area (Å²) in [4.78, 5) is 25.0. The normalized spacial score (nSPS) is 23.6. The largest absolute Gasteiger partial charge is 0.491 e. The molecule has 0 saturated heterocycles. The summed E-state index contributed by atoms with van der Waals surface area (Å²) in [5.74, 6) is 1.04. The van der Waals surface area contributed by atoms with Crippen molar-refractivity contribution in [3.05, 3.63) is 23.8 Å². The van der Waals surface area contributed by atoms with Gasteiger partial charge >= 0.3 is 5.97 Å². The van der Waals surface area contributed by atoms with Crippen molar-refractivity contribution in [3.63, 3.8) is 0 Å². The van der Waals surface area contributed by atoms with E-state index in [4.69, 9.17) is 9.47 Å². The molecule has 1 aromatic rings. The summed E-state index contributed by atoms with van der Waals surface area (Å²) >= 11 is 0. The van der Waals surface area contributed by atoms with Gasteiger partial charge in [0.1, 0.15) is 12.0 Å². The number of nitrogens with zero attached hydrogens (tertiary/aromatic N) is 1. The number of rotatable bonds is 4. The smallest absolute Gasteiger partial charge is 0.337 e. The van der Waals surface area contributed by atoms with Crippen LogP contribution in [0.3, 0.4) is 0 Å². The van der Waals surface area contributed by atoms with Crippen molar-refractivity contribution < 1.29 is 19.1 Å². The molecule has 0 amide bonds. The Morgan fingerprint density at radius 3 is 3.00 bits per heavy atom. The Labute approximate surface area is 130 Å². The third-order valence-electron chi connectivity index (χ3n) is 4.66. The molecule has 1 aliphatic carbocycles. The molecule has 1 saturated carbocycles. The SMILES string of the molecule is COC(=O)c1ccc2c(c1)N(CC1CCC1C=O)CCCO2. The van der Waals surface area contributed by atoms with Crippen LogP contribution in [0.4, 0.5) is 5.69 Å². The first kappa shape index (κ1) is 14.9. The van der Waals surface area contributed by atoms with Crippen LogP contribution in [0.25, 0.3) is 0 Å². The lowest BCUT2D eigenvalue weighted by atomic mass is 9.74. The fourth-order valence-electron chi connectivity index (χ4n) is 3.16. The lowest BCUT2D eigenvalue weighted by molar-refractivity contribution is -0.115. The van der Waals surface area contributed by atoms with E-state index in [0.717, 1.165) is 50.1 Å². The zero-order chi connectivity index (χ0) is 15.5. The average Bonchev–Trinajstić information content (AvgIpc) is 2.72. The maximum Gasteiger partial charge on any atom is 0.337 e. The summed E-state index contributed by atoms with van der Waals surface area (Å²) in [5.41, 5.74) is 1.45. The molecule has 0 bridgehead atoms. The minimum atomic E-state index is -0.346. The Morgan fingerprint density at radius 1 is 1.45 bits per heavy atom. The van der Waals surface area contributed by atoms with Crippen LogP contribution in [0.5, 0.6) is 5.75 Å². The van der Waals surface area contributed by atoms with Crippen molar-refractivity contribution in [1.29, 1.82) is 0 Å². The third kappa shape index (κ3) is 2.80. The van der Waals surface area contributed by atoms with Gasteiger partial charge in [-0.1, -0.05) is 0 Å². The molecule has 1 heterocycles. The number of hydrogen-bond acceptors (Lipinski definition) is 5. The van der Waals surface area contributed by atoms with Gasteiger partial charge in [-0.15, -0.1) is 0 Å². The van der Waals surface area contributed by atoms with Crippen molar-refractivity contribution in [1.82, 2.24) is 0 Å². The molecule has 3 rings (SSSR count). The van der Waals surface area contributed by atoms with Crippen molar-refractivity contribution in [2.75, 3.05) is 31.7 Å². The van der Waals surface area contributed by atoms with Gasteiger partial charge < -0.3 is 19.2 Å². The van der Waals surface area contributed by atoms with Crippen molar-refractivity contribution >= 4 is 17.9 Å². The van der Waals surface area contributed by atoms with E-state index in [1.54, 1.807) is 6.07 Å². The van der Waals surface area contributed by atoms with Crippen molar-refractivity contribution in [2.45, 2.75) is 19.3 Å². The van der Waals surface area contributed by atoms with Crippen LogP contribution in [-0.2, 0) is 9.53 Å². The molecule has 1 fully saturated rings.